The molecule has 3 fully saturated rings. The van der Waals surface area contributed by atoms with Crippen molar-refractivity contribution in [1.82, 2.24) is 4.90 Å². The van der Waals surface area contributed by atoms with E-state index in [9.17, 15) is 23.2 Å². The quantitative estimate of drug-likeness (QED) is 0.561. The molecule has 1 aliphatic heterocycles. The summed E-state index contributed by atoms with van der Waals surface area (Å²) in [5, 5.41) is 2.59. The molecule has 4 rings (SSSR count). The van der Waals surface area contributed by atoms with Crippen molar-refractivity contribution < 1.29 is 27.9 Å². The van der Waals surface area contributed by atoms with Crippen molar-refractivity contribution in [2.75, 3.05) is 36.5 Å². The van der Waals surface area contributed by atoms with Crippen molar-refractivity contribution in [3.8, 4) is 0 Å². The van der Waals surface area contributed by atoms with Crippen LogP contribution < -0.4 is 16.0 Å². The summed E-state index contributed by atoms with van der Waals surface area (Å²) in [6.45, 7) is 0.891. The number of nitrogens with two attached hydrogens (primary N) is 1. The van der Waals surface area contributed by atoms with Gasteiger partial charge in [0, 0.05) is 30.4 Å². The molecule has 1 saturated heterocycles. The van der Waals surface area contributed by atoms with Gasteiger partial charge in [0.1, 0.15) is 6.61 Å². The molecule has 32 heavy (non-hydrogen) atoms. The Hall–Kier alpha value is -2.59. The lowest BCUT2D eigenvalue weighted by Gasteiger charge is -2.35. The number of alkyl halides is 2. The minimum atomic E-state index is -2.86. The number of rotatable bonds is 9. The Morgan fingerprint density at radius 1 is 1.25 bits per heavy atom. The van der Waals surface area contributed by atoms with E-state index in [1.54, 1.807) is 0 Å². The number of benzene rings is 1. The summed E-state index contributed by atoms with van der Waals surface area (Å²) in [7, 11) is 0. The highest BCUT2D eigenvalue weighted by Crippen LogP contribution is 2.36. The number of hydrogen-bond acceptors (Lipinski definition) is 5. The van der Waals surface area contributed by atoms with Gasteiger partial charge in [-0.15, -0.1) is 0 Å². The summed E-state index contributed by atoms with van der Waals surface area (Å²) in [5.41, 5.74) is 5.43. The van der Waals surface area contributed by atoms with Crippen LogP contribution in [0.1, 0.15) is 44.1 Å². The SMILES string of the molecule is NC(=O)[C@H](C(=O)Nc1ccc(N2CCOCC2=O)c(C(F)F)c1)N(CC1CCC1)C1CC1. The molecule has 0 radical (unpaired) electrons. The minimum Gasteiger partial charge on any atom is -0.370 e. The molecular weight excluding hydrogens is 422 g/mol. The Kier molecular flexibility index (Phi) is 6.71. The second kappa shape index (κ2) is 9.50. The molecule has 10 heteroatoms. The van der Waals surface area contributed by atoms with Gasteiger partial charge in [-0.25, -0.2) is 8.78 Å². The van der Waals surface area contributed by atoms with Crippen LogP contribution in [0.3, 0.4) is 0 Å². The number of amides is 3. The number of ether oxygens (including phenoxy) is 1. The molecule has 2 saturated carbocycles. The van der Waals surface area contributed by atoms with Crippen molar-refractivity contribution in [2.45, 2.75) is 50.6 Å². The van der Waals surface area contributed by atoms with Gasteiger partial charge in [-0.05, 0) is 49.8 Å². The highest BCUT2D eigenvalue weighted by Gasteiger charge is 2.42. The minimum absolute atomic E-state index is 0.0855. The van der Waals surface area contributed by atoms with E-state index in [1.165, 1.54) is 17.0 Å². The van der Waals surface area contributed by atoms with Crippen molar-refractivity contribution in [2.24, 2.45) is 11.7 Å². The molecule has 174 valence electrons. The zero-order valence-electron chi connectivity index (χ0n) is 17.8. The van der Waals surface area contributed by atoms with Crippen LogP contribution in [0.5, 0.6) is 0 Å². The highest BCUT2D eigenvalue weighted by molar-refractivity contribution is 6.09. The van der Waals surface area contributed by atoms with Crippen molar-refractivity contribution in [3.05, 3.63) is 23.8 Å². The predicted octanol–water partition coefficient (Wildman–Crippen LogP) is 2.04. The standard InChI is InChI=1S/C22H28F2N4O4/c23-20(24)16-10-14(4-7-17(16)27-8-9-32-12-18(27)29)26-22(31)19(21(25)30)28(15-5-6-15)11-13-2-1-3-13/h4,7,10,13,15,19-20H,1-3,5-6,8-9,11-12H2,(H2,25,30)(H,26,31)/t19-/m1/s1. The Balaban J connectivity index is 1.53. The third-order valence-corrected chi connectivity index (χ3v) is 6.37. The first-order valence-corrected chi connectivity index (χ1v) is 11.0. The van der Waals surface area contributed by atoms with E-state index in [0.29, 0.717) is 12.5 Å². The van der Waals surface area contributed by atoms with E-state index in [2.05, 4.69) is 5.32 Å². The summed E-state index contributed by atoms with van der Waals surface area (Å²) in [5.74, 6) is -1.33. The molecule has 3 N–H and O–H groups in total. The first-order valence-electron chi connectivity index (χ1n) is 11.0. The number of carbonyl (C=O) groups is 3. The predicted molar refractivity (Wildman–Crippen MR) is 113 cm³/mol. The Labute approximate surface area is 185 Å². The van der Waals surface area contributed by atoms with E-state index in [-0.39, 0.29) is 42.7 Å². The summed E-state index contributed by atoms with van der Waals surface area (Å²) < 4.78 is 32.6. The topological polar surface area (TPSA) is 105 Å². The number of halogens is 2. The monoisotopic (exact) mass is 450 g/mol. The smallest absolute Gasteiger partial charge is 0.265 e. The van der Waals surface area contributed by atoms with Gasteiger partial charge in [-0.1, -0.05) is 6.42 Å². The molecule has 0 bridgehead atoms. The van der Waals surface area contributed by atoms with E-state index in [0.717, 1.165) is 38.2 Å². The van der Waals surface area contributed by atoms with Gasteiger partial charge in [0.05, 0.1) is 12.3 Å². The molecule has 0 aromatic heterocycles. The largest absolute Gasteiger partial charge is 0.370 e. The van der Waals surface area contributed by atoms with Gasteiger partial charge in [0.15, 0.2) is 6.04 Å². The van der Waals surface area contributed by atoms with E-state index in [1.807, 2.05) is 4.90 Å². The van der Waals surface area contributed by atoms with Crippen LogP contribution in [0.2, 0.25) is 0 Å². The summed E-state index contributed by atoms with van der Waals surface area (Å²) in [4.78, 5) is 40.4. The summed E-state index contributed by atoms with van der Waals surface area (Å²) in [6, 6.07) is 2.97. The molecule has 0 unspecified atom stereocenters. The van der Waals surface area contributed by atoms with Crippen LogP contribution in [0, 0.1) is 5.92 Å². The van der Waals surface area contributed by atoms with Gasteiger partial charge >= 0.3 is 0 Å². The fourth-order valence-corrected chi connectivity index (χ4v) is 4.32. The maximum atomic E-state index is 13.8. The molecule has 1 aromatic rings. The lowest BCUT2D eigenvalue weighted by atomic mass is 9.84. The zero-order valence-corrected chi connectivity index (χ0v) is 17.8. The third kappa shape index (κ3) is 4.91. The van der Waals surface area contributed by atoms with Crippen LogP contribution in [-0.4, -0.2) is 61.0 Å². The highest BCUT2D eigenvalue weighted by atomic mass is 19.3. The second-order valence-electron chi connectivity index (χ2n) is 8.69. The number of nitrogens with zero attached hydrogens (tertiary/aromatic N) is 2. The van der Waals surface area contributed by atoms with E-state index in [4.69, 9.17) is 10.5 Å². The molecule has 3 aliphatic rings. The fraction of sp³-hybridized carbons (Fsp3) is 0.591. The van der Waals surface area contributed by atoms with Gasteiger partial charge < -0.3 is 20.7 Å². The maximum Gasteiger partial charge on any atom is 0.265 e. The first-order chi connectivity index (χ1) is 15.3. The van der Waals surface area contributed by atoms with Gasteiger partial charge in [0.25, 0.3) is 18.2 Å². The Morgan fingerprint density at radius 2 is 2.00 bits per heavy atom. The average Bonchev–Trinajstić information content (AvgIpc) is 3.55. The molecular formula is C22H28F2N4O4. The van der Waals surface area contributed by atoms with Gasteiger partial charge in [-0.2, -0.15) is 0 Å². The van der Waals surface area contributed by atoms with E-state index < -0.39 is 30.2 Å². The normalized spacial score (nSPS) is 20.4. The lowest BCUT2D eigenvalue weighted by Crippen LogP contribution is -2.54. The van der Waals surface area contributed by atoms with Crippen LogP contribution in [-0.2, 0) is 19.1 Å². The maximum absolute atomic E-state index is 13.8. The lowest BCUT2D eigenvalue weighted by molar-refractivity contribution is -0.133. The summed E-state index contributed by atoms with van der Waals surface area (Å²) >= 11 is 0. The molecule has 2 aliphatic carbocycles. The van der Waals surface area contributed by atoms with Crippen LogP contribution in [0.4, 0.5) is 20.2 Å². The number of hydrogen-bond donors (Lipinski definition) is 2. The molecule has 0 spiro atoms. The van der Waals surface area contributed by atoms with Gasteiger partial charge in [0.2, 0.25) is 5.91 Å². The second-order valence-corrected chi connectivity index (χ2v) is 8.69. The molecule has 1 atom stereocenters. The van der Waals surface area contributed by atoms with Crippen LogP contribution in [0.25, 0.3) is 0 Å². The number of morpholine rings is 1. The average molecular weight is 450 g/mol. The molecule has 8 nitrogen and oxygen atoms in total. The molecule has 1 aromatic carbocycles. The number of carbonyl (C=O) groups excluding carboxylic acids is 3. The molecule has 3 amide bonds. The first kappa shape index (κ1) is 22.6. The Morgan fingerprint density at radius 3 is 2.56 bits per heavy atom. The van der Waals surface area contributed by atoms with Crippen molar-refractivity contribution in [3.63, 3.8) is 0 Å². The van der Waals surface area contributed by atoms with E-state index >= 15 is 0 Å². The number of primary amides is 1. The number of nitrogens with one attached hydrogen (secondary N) is 1. The third-order valence-electron chi connectivity index (χ3n) is 6.37. The van der Waals surface area contributed by atoms with Crippen molar-refractivity contribution in [1.29, 1.82) is 0 Å². The fourth-order valence-electron chi connectivity index (χ4n) is 4.32. The zero-order chi connectivity index (χ0) is 22.8. The van der Waals surface area contributed by atoms with Crippen LogP contribution in [0.15, 0.2) is 18.2 Å². The summed E-state index contributed by atoms with van der Waals surface area (Å²) in [6.07, 6.45) is 2.23. The van der Waals surface area contributed by atoms with Crippen LogP contribution >= 0.6 is 0 Å². The van der Waals surface area contributed by atoms with Crippen molar-refractivity contribution >= 4 is 29.1 Å². The molecule has 1 heterocycles. The van der Waals surface area contributed by atoms with Gasteiger partial charge in [-0.3, -0.25) is 19.3 Å². The number of anilines is 2. The Bertz CT molecular complexity index is 889.